The van der Waals surface area contributed by atoms with Crippen LogP contribution >= 0.6 is 0 Å². The zero-order valence-corrected chi connectivity index (χ0v) is 8.71. The molecule has 0 bridgehead atoms. The molecule has 1 heterocycles. The zero-order chi connectivity index (χ0) is 11.1. The Labute approximate surface area is 87.5 Å². The normalized spacial score (nSPS) is 11.8. The van der Waals surface area contributed by atoms with E-state index in [0.717, 1.165) is 10.9 Å². The van der Waals surface area contributed by atoms with Crippen LogP contribution in [0, 0.1) is 0 Å². The maximum Gasteiger partial charge on any atom is 0.238 e. The molecule has 2 rings (SSSR count). The minimum absolute atomic E-state index is 0.0643. The summed E-state index contributed by atoms with van der Waals surface area (Å²) in [6, 6.07) is 7.06. The maximum absolute atomic E-state index is 11.1. The first kappa shape index (κ1) is 9.95. The third kappa shape index (κ3) is 1.79. The molecule has 0 amide bonds. The van der Waals surface area contributed by atoms with Crippen LogP contribution in [-0.4, -0.2) is 13.4 Å². The van der Waals surface area contributed by atoms with E-state index in [4.69, 9.17) is 5.14 Å². The van der Waals surface area contributed by atoms with Crippen LogP contribution in [0.4, 0.5) is 0 Å². The van der Waals surface area contributed by atoms with Crippen molar-refractivity contribution in [2.75, 3.05) is 0 Å². The van der Waals surface area contributed by atoms with E-state index in [2.05, 4.69) is 11.6 Å². The van der Waals surface area contributed by atoms with Gasteiger partial charge in [0.15, 0.2) is 0 Å². The lowest BCUT2D eigenvalue weighted by Crippen LogP contribution is -2.12. The summed E-state index contributed by atoms with van der Waals surface area (Å²) in [5.41, 5.74) is 1.46. The minimum atomic E-state index is -3.71. The van der Waals surface area contributed by atoms with Gasteiger partial charge in [0, 0.05) is 11.7 Å². The number of fused-ring (bicyclic) bond motifs is 1. The van der Waals surface area contributed by atoms with E-state index in [9.17, 15) is 8.42 Å². The van der Waals surface area contributed by atoms with Gasteiger partial charge >= 0.3 is 0 Å². The number of hydrogen-bond acceptors (Lipinski definition) is 2. The fourth-order valence-corrected chi connectivity index (χ4v) is 1.85. The molecular weight excluding hydrogens is 212 g/mol. The lowest BCUT2D eigenvalue weighted by molar-refractivity contribution is 0.607. The lowest BCUT2D eigenvalue weighted by Gasteiger charge is -2.02. The molecule has 0 radical (unpaired) electrons. The fraction of sp³-hybridized carbons (Fsp3) is 0. The Morgan fingerprint density at radius 3 is 2.73 bits per heavy atom. The maximum atomic E-state index is 11.1. The zero-order valence-electron chi connectivity index (χ0n) is 7.90. The highest BCUT2D eigenvalue weighted by Gasteiger charge is 2.11. The van der Waals surface area contributed by atoms with E-state index in [1.54, 1.807) is 24.4 Å². The van der Waals surface area contributed by atoms with Gasteiger partial charge in [-0.3, -0.25) is 0 Å². The van der Waals surface area contributed by atoms with Crippen LogP contribution in [0.15, 0.2) is 37.0 Å². The Kier molecular flexibility index (Phi) is 2.13. The minimum Gasteiger partial charge on any atom is -0.361 e. The van der Waals surface area contributed by atoms with E-state index in [1.807, 2.05) is 6.07 Å². The molecule has 4 nitrogen and oxygen atoms in total. The molecular formula is C10H10N2O2S. The van der Waals surface area contributed by atoms with Crippen LogP contribution in [0.5, 0.6) is 0 Å². The first-order chi connectivity index (χ1) is 6.98. The van der Waals surface area contributed by atoms with Crippen molar-refractivity contribution < 1.29 is 8.42 Å². The predicted molar refractivity (Wildman–Crippen MR) is 60.4 cm³/mol. The molecule has 0 aliphatic carbocycles. The molecule has 0 spiro atoms. The molecule has 3 N–H and O–H groups in total. The van der Waals surface area contributed by atoms with Crippen molar-refractivity contribution in [3.63, 3.8) is 0 Å². The first-order valence-electron chi connectivity index (χ1n) is 4.28. The van der Waals surface area contributed by atoms with E-state index < -0.39 is 10.0 Å². The molecule has 0 saturated carbocycles. The smallest absolute Gasteiger partial charge is 0.238 e. The Morgan fingerprint density at radius 1 is 1.33 bits per heavy atom. The van der Waals surface area contributed by atoms with Crippen molar-refractivity contribution >= 4 is 25.8 Å². The second-order valence-corrected chi connectivity index (χ2v) is 4.83. The SMILES string of the molecule is C=C(c1ccc2[nH]ccc2c1)S(N)(=O)=O. The summed E-state index contributed by atoms with van der Waals surface area (Å²) in [4.78, 5) is 2.95. The lowest BCUT2D eigenvalue weighted by atomic mass is 10.1. The Morgan fingerprint density at radius 2 is 2.07 bits per heavy atom. The average Bonchev–Trinajstić information content (AvgIpc) is 2.61. The van der Waals surface area contributed by atoms with Crippen LogP contribution in [0.1, 0.15) is 5.56 Å². The molecule has 2 aromatic rings. The number of primary sulfonamides is 1. The highest BCUT2D eigenvalue weighted by atomic mass is 32.2. The number of nitrogens with one attached hydrogen (secondary N) is 1. The van der Waals surface area contributed by atoms with E-state index in [0.29, 0.717) is 5.56 Å². The third-order valence-corrected chi connectivity index (χ3v) is 3.14. The second-order valence-electron chi connectivity index (χ2n) is 3.25. The highest BCUT2D eigenvalue weighted by Crippen LogP contribution is 2.21. The molecule has 1 aromatic carbocycles. The van der Waals surface area contributed by atoms with Gasteiger partial charge in [-0.1, -0.05) is 12.6 Å². The Bertz CT molecular complexity index is 626. The number of hydrogen-bond donors (Lipinski definition) is 2. The summed E-state index contributed by atoms with van der Waals surface area (Å²) in [5, 5.41) is 5.92. The van der Waals surface area contributed by atoms with E-state index in [-0.39, 0.29) is 4.91 Å². The molecule has 5 heteroatoms. The van der Waals surface area contributed by atoms with Gasteiger partial charge in [-0.2, -0.15) is 0 Å². The van der Waals surface area contributed by atoms with Crippen LogP contribution in [0.25, 0.3) is 15.8 Å². The first-order valence-corrected chi connectivity index (χ1v) is 5.82. The van der Waals surface area contributed by atoms with Crippen molar-refractivity contribution in [3.05, 3.63) is 42.6 Å². The van der Waals surface area contributed by atoms with Gasteiger partial charge in [-0.25, -0.2) is 13.6 Å². The van der Waals surface area contributed by atoms with Gasteiger partial charge in [0.1, 0.15) is 0 Å². The summed E-state index contributed by atoms with van der Waals surface area (Å²) < 4.78 is 22.2. The second kappa shape index (κ2) is 3.22. The molecule has 1 aromatic heterocycles. The number of sulfonamides is 1. The summed E-state index contributed by atoms with van der Waals surface area (Å²) in [7, 11) is -3.71. The van der Waals surface area contributed by atoms with Crippen LogP contribution in [0.3, 0.4) is 0 Å². The Hall–Kier alpha value is -1.59. The van der Waals surface area contributed by atoms with Gasteiger partial charge in [0.2, 0.25) is 10.0 Å². The molecule has 15 heavy (non-hydrogen) atoms. The number of rotatable bonds is 2. The quantitative estimate of drug-likeness (QED) is 0.806. The molecule has 0 unspecified atom stereocenters. The van der Waals surface area contributed by atoms with Gasteiger partial charge < -0.3 is 4.98 Å². The molecule has 78 valence electrons. The average molecular weight is 222 g/mol. The molecule has 0 saturated heterocycles. The number of aromatic amines is 1. The predicted octanol–water partition coefficient (Wildman–Crippen LogP) is 1.43. The third-order valence-electron chi connectivity index (χ3n) is 2.22. The monoisotopic (exact) mass is 222 g/mol. The van der Waals surface area contributed by atoms with Crippen molar-refractivity contribution in [1.82, 2.24) is 4.98 Å². The summed E-state index contributed by atoms with van der Waals surface area (Å²) in [5.74, 6) is 0. The topological polar surface area (TPSA) is 76.0 Å². The number of benzene rings is 1. The molecule has 0 aliphatic heterocycles. The number of nitrogens with two attached hydrogens (primary N) is 1. The molecule has 0 atom stereocenters. The van der Waals surface area contributed by atoms with Gasteiger partial charge in [-0.15, -0.1) is 0 Å². The van der Waals surface area contributed by atoms with E-state index in [1.165, 1.54) is 0 Å². The number of H-pyrrole nitrogens is 1. The number of aromatic nitrogens is 1. The van der Waals surface area contributed by atoms with Gasteiger partial charge in [-0.05, 0) is 29.1 Å². The van der Waals surface area contributed by atoms with Crippen LogP contribution in [-0.2, 0) is 10.0 Å². The van der Waals surface area contributed by atoms with Crippen molar-refractivity contribution in [2.24, 2.45) is 5.14 Å². The molecule has 0 aliphatic rings. The van der Waals surface area contributed by atoms with Gasteiger partial charge in [0.25, 0.3) is 0 Å². The highest BCUT2D eigenvalue weighted by molar-refractivity contribution is 7.98. The molecule has 0 fully saturated rings. The van der Waals surface area contributed by atoms with Crippen molar-refractivity contribution in [3.8, 4) is 0 Å². The van der Waals surface area contributed by atoms with Gasteiger partial charge in [0.05, 0.1) is 4.91 Å². The van der Waals surface area contributed by atoms with Crippen LogP contribution in [0.2, 0.25) is 0 Å². The summed E-state index contributed by atoms with van der Waals surface area (Å²) in [6.07, 6.45) is 1.79. The fourth-order valence-electron chi connectivity index (χ4n) is 1.39. The van der Waals surface area contributed by atoms with Crippen molar-refractivity contribution in [1.29, 1.82) is 0 Å². The Balaban J connectivity index is 2.58. The van der Waals surface area contributed by atoms with Crippen molar-refractivity contribution in [2.45, 2.75) is 0 Å². The van der Waals surface area contributed by atoms with E-state index >= 15 is 0 Å². The van der Waals surface area contributed by atoms with Crippen LogP contribution < -0.4 is 5.14 Å². The largest absolute Gasteiger partial charge is 0.361 e. The summed E-state index contributed by atoms with van der Waals surface area (Å²) >= 11 is 0. The summed E-state index contributed by atoms with van der Waals surface area (Å²) in [6.45, 7) is 3.46. The standard InChI is InChI=1S/C10H10N2O2S/c1-7(15(11,13)14)8-2-3-10-9(6-8)4-5-12-10/h2-6,12H,1H2,(H2,11,13,14).